The van der Waals surface area contributed by atoms with Crippen molar-refractivity contribution in [3.63, 3.8) is 0 Å². The fraction of sp³-hybridized carbons (Fsp3) is 0.462. The zero-order valence-electron chi connectivity index (χ0n) is 10.5. The maximum atomic E-state index is 11.0. The first-order chi connectivity index (χ1) is 7.99. The Bertz CT molecular complexity index is 494. The molecule has 2 rings (SSSR count). The van der Waals surface area contributed by atoms with E-state index in [0.29, 0.717) is 11.7 Å². The van der Waals surface area contributed by atoms with E-state index >= 15 is 0 Å². The molecule has 1 N–H and O–H groups in total. The molecule has 0 saturated carbocycles. The van der Waals surface area contributed by atoms with Gasteiger partial charge in [-0.15, -0.1) is 5.10 Å². The van der Waals surface area contributed by atoms with Crippen LogP contribution in [0.5, 0.6) is 0 Å². The Hall–Kier alpha value is -1.71. The number of anilines is 1. The summed E-state index contributed by atoms with van der Waals surface area (Å²) in [5.41, 5.74) is 4.48. The lowest BCUT2D eigenvalue weighted by Crippen LogP contribution is -2.11. The Kier molecular flexibility index (Phi) is 2.96. The van der Waals surface area contributed by atoms with Gasteiger partial charge in [0, 0.05) is 6.92 Å². The molecule has 0 aromatic carbocycles. The van der Waals surface area contributed by atoms with Crippen LogP contribution in [-0.4, -0.2) is 16.1 Å². The molecule has 0 bridgehead atoms. The van der Waals surface area contributed by atoms with Crippen molar-refractivity contribution in [3.05, 3.63) is 29.0 Å². The predicted molar refractivity (Wildman–Crippen MR) is 66.8 cm³/mol. The van der Waals surface area contributed by atoms with Crippen molar-refractivity contribution in [2.24, 2.45) is 5.92 Å². The Labute approximate surface area is 101 Å². The standard InChI is InChI=1S/C13H17N3O/c1-7(2)10-5-11-8(3)13(14-9(4)17)16-15-12(11)6-10/h10H,1,5-6H2,2-4H3,(H,14,16,17). The van der Waals surface area contributed by atoms with E-state index in [9.17, 15) is 4.79 Å². The summed E-state index contributed by atoms with van der Waals surface area (Å²) in [6, 6.07) is 0. The van der Waals surface area contributed by atoms with E-state index in [1.807, 2.05) is 13.8 Å². The van der Waals surface area contributed by atoms with Crippen LogP contribution in [0.3, 0.4) is 0 Å². The van der Waals surface area contributed by atoms with Gasteiger partial charge in [-0.05, 0) is 43.7 Å². The van der Waals surface area contributed by atoms with E-state index in [-0.39, 0.29) is 5.91 Å². The normalized spacial score (nSPS) is 17.7. The Morgan fingerprint density at radius 1 is 1.35 bits per heavy atom. The van der Waals surface area contributed by atoms with Crippen molar-refractivity contribution in [2.45, 2.75) is 33.6 Å². The predicted octanol–water partition coefficient (Wildman–Crippen LogP) is 2.03. The molecule has 0 saturated heterocycles. The van der Waals surface area contributed by atoms with Gasteiger partial charge in [-0.25, -0.2) is 0 Å². The monoisotopic (exact) mass is 231 g/mol. The summed E-state index contributed by atoms with van der Waals surface area (Å²) in [6.07, 6.45) is 1.87. The molecule has 4 nitrogen and oxygen atoms in total. The number of hydrogen-bond acceptors (Lipinski definition) is 3. The molecule has 4 heteroatoms. The van der Waals surface area contributed by atoms with E-state index < -0.39 is 0 Å². The maximum absolute atomic E-state index is 11.0. The zero-order chi connectivity index (χ0) is 12.6. The molecule has 0 fully saturated rings. The summed E-state index contributed by atoms with van der Waals surface area (Å²) < 4.78 is 0. The summed E-state index contributed by atoms with van der Waals surface area (Å²) >= 11 is 0. The van der Waals surface area contributed by atoms with Gasteiger partial charge in [-0.3, -0.25) is 4.79 Å². The Balaban J connectivity index is 2.33. The van der Waals surface area contributed by atoms with Crippen LogP contribution in [0.15, 0.2) is 12.2 Å². The average molecular weight is 231 g/mol. The van der Waals surface area contributed by atoms with Crippen LogP contribution in [0.4, 0.5) is 5.82 Å². The molecule has 1 aromatic rings. The van der Waals surface area contributed by atoms with Gasteiger partial charge >= 0.3 is 0 Å². The highest BCUT2D eigenvalue weighted by molar-refractivity contribution is 5.88. The second-order valence-corrected chi connectivity index (χ2v) is 4.73. The minimum absolute atomic E-state index is 0.114. The quantitative estimate of drug-likeness (QED) is 0.792. The zero-order valence-corrected chi connectivity index (χ0v) is 10.5. The number of nitrogens with zero attached hydrogens (tertiary/aromatic N) is 2. The first-order valence-electron chi connectivity index (χ1n) is 5.77. The second kappa shape index (κ2) is 4.28. The summed E-state index contributed by atoms with van der Waals surface area (Å²) in [7, 11) is 0. The molecule has 17 heavy (non-hydrogen) atoms. The van der Waals surface area contributed by atoms with Crippen LogP contribution >= 0.6 is 0 Å². The number of hydrogen-bond donors (Lipinski definition) is 1. The molecule has 0 spiro atoms. The number of carbonyl (C=O) groups excluding carboxylic acids is 1. The lowest BCUT2D eigenvalue weighted by Gasteiger charge is -2.08. The summed E-state index contributed by atoms with van der Waals surface area (Å²) in [5, 5.41) is 11.0. The smallest absolute Gasteiger partial charge is 0.222 e. The van der Waals surface area contributed by atoms with Crippen molar-refractivity contribution in [1.82, 2.24) is 10.2 Å². The van der Waals surface area contributed by atoms with Crippen molar-refractivity contribution in [2.75, 3.05) is 5.32 Å². The van der Waals surface area contributed by atoms with E-state index in [1.165, 1.54) is 18.1 Å². The highest BCUT2D eigenvalue weighted by Gasteiger charge is 2.26. The summed E-state index contributed by atoms with van der Waals surface area (Å²) in [5.74, 6) is 0.931. The van der Waals surface area contributed by atoms with Gasteiger partial charge in [0.2, 0.25) is 5.91 Å². The van der Waals surface area contributed by atoms with Crippen molar-refractivity contribution < 1.29 is 4.79 Å². The number of amides is 1. The first-order valence-corrected chi connectivity index (χ1v) is 5.77. The molecule has 1 aliphatic rings. The van der Waals surface area contributed by atoms with Crippen LogP contribution < -0.4 is 5.32 Å². The molecule has 1 aliphatic carbocycles. The minimum atomic E-state index is -0.114. The average Bonchev–Trinajstić information content (AvgIpc) is 2.66. The molecule has 1 aromatic heterocycles. The van der Waals surface area contributed by atoms with Gasteiger partial charge in [-0.2, -0.15) is 5.10 Å². The molecule has 1 heterocycles. The second-order valence-electron chi connectivity index (χ2n) is 4.73. The van der Waals surface area contributed by atoms with Crippen LogP contribution in [-0.2, 0) is 17.6 Å². The van der Waals surface area contributed by atoms with Gasteiger partial charge < -0.3 is 5.32 Å². The van der Waals surface area contributed by atoms with Gasteiger partial charge in [0.15, 0.2) is 5.82 Å². The molecule has 1 amide bonds. The number of nitrogens with one attached hydrogen (secondary N) is 1. The van der Waals surface area contributed by atoms with E-state index in [2.05, 4.69) is 22.1 Å². The van der Waals surface area contributed by atoms with E-state index in [0.717, 1.165) is 24.1 Å². The Morgan fingerprint density at radius 2 is 2.06 bits per heavy atom. The van der Waals surface area contributed by atoms with Crippen molar-refractivity contribution >= 4 is 11.7 Å². The molecule has 90 valence electrons. The molecule has 1 atom stereocenters. The minimum Gasteiger partial charge on any atom is -0.309 e. The first kappa shape index (κ1) is 11.8. The fourth-order valence-corrected chi connectivity index (χ4v) is 2.23. The van der Waals surface area contributed by atoms with Crippen LogP contribution in [0, 0.1) is 12.8 Å². The number of rotatable bonds is 2. The largest absolute Gasteiger partial charge is 0.309 e. The van der Waals surface area contributed by atoms with Gasteiger partial charge in [0.25, 0.3) is 0 Å². The van der Waals surface area contributed by atoms with Crippen LogP contribution in [0.1, 0.15) is 30.7 Å². The van der Waals surface area contributed by atoms with Crippen LogP contribution in [0.2, 0.25) is 0 Å². The third kappa shape index (κ3) is 2.20. The Morgan fingerprint density at radius 3 is 2.65 bits per heavy atom. The highest BCUT2D eigenvalue weighted by Crippen LogP contribution is 2.32. The van der Waals surface area contributed by atoms with Crippen LogP contribution in [0.25, 0.3) is 0 Å². The van der Waals surface area contributed by atoms with Gasteiger partial charge in [0.05, 0.1) is 5.69 Å². The topological polar surface area (TPSA) is 54.9 Å². The van der Waals surface area contributed by atoms with Crippen molar-refractivity contribution in [3.8, 4) is 0 Å². The maximum Gasteiger partial charge on any atom is 0.222 e. The SMILES string of the molecule is C=C(C)C1Cc2nnc(NC(C)=O)c(C)c2C1. The molecular weight excluding hydrogens is 214 g/mol. The molecule has 0 aliphatic heterocycles. The number of carbonyl (C=O) groups is 1. The van der Waals surface area contributed by atoms with Gasteiger partial charge in [-0.1, -0.05) is 12.2 Å². The lowest BCUT2D eigenvalue weighted by molar-refractivity contribution is -0.114. The summed E-state index contributed by atoms with van der Waals surface area (Å²) in [4.78, 5) is 11.0. The molecular formula is C13H17N3O. The van der Waals surface area contributed by atoms with E-state index in [1.54, 1.807) is 0 Å². The number of fused-ring (bicyclic) bond motifs is 1. The lowest BCUT2D eigenvalue weighted by atomic mass is 9.98. The third-order valence-electron chi connectivity index (χ3n) is 3.31. The van der Waals surface area contributed by atoms with E-state index in [4.69, 9.17) is 0 Å². The van der Waals surface area contributed by atoms with Crippen molar-refractivity contribution in [1.29, 1.82) is 0 Å². The third-order valence-corrected chi connectivity index (χ3v) is 3.31. The fourth-order valence-electron chi connectivity index (χ4n) is 2.23. The number of allylic oxidation sites excluding steroid dienone is 1. The highest BCUT2D eigenvalue weighted by atomic mass is 16.1. The molecule has 0 radical (unpaired) electrons. The molecule has 1 unspecified atom stereocenters. The summed E-state index contributed by atoms with van der Waals surface area (Å²) in [6.45, 7) is 9.52. The van der Waals surface area contributed by atoms with Gasteiger partial charge in [0.1, 0.15) is 0 Å². The number of aromatic nitrogens is 2.